The van der Waals surface area contributed by atoms with Crippen LogP contribution < -0.4 is 20.1 Å². The van der Waals surface area contributed by atoms with Gasteiger partial charge in [0, 0.05) is 12.6 Å². The predicted octanol–water partition coefficient (Wildman–Crippen LogP) is 6.66. The van der Waals surface area contributed by atoms with Gasteiger partial charge in [-0.2, -0.15) is 0 Å². The Morgan fingerprint density at radius 2 is 1.88 bits per heavy atom. The molecule has 2 aliphatic rings. The highest BCUT2D eigenvalue weighted by molar-refractivity contribution is 5.91. The molecule has 3 atom stereocenters. The first-order valence-electron chi connectivity index (χ1n) is 12.6. The third-order valence-corrected chi connectivity index (χ3v) is 8.48. The Morgan fingerprint density at radius 3 is 2.59 bits per heavy atom. The molecule has 4 rings (SSSR count). The first kappa shape index (κ1) is 24.4. The molecule has 3 unspecified atom stereocenters. The molecule has 2 amide bonds. The van der Waals surface area contributed by atoms with Crippen molar-refractivity contribution in [2.45, 2.75) is 71.1 Å². The molecular weight excluding hydrogens is 424 g/mol. The van der Waals surface area contributed by atoms with Crippen LogP contribution in [0.4, 0.5) is 10.5 Å². The molecule has 5 heteroatoms. The van der Waals surface area contributed by atoms with Crippen LogP contribution >= 0.6 is 0 Å². The molecule has 2 aliphatic carbocycles. The maximum Gasteiger partial charge on any atom is 0.319 e. The lowest BCUT2D eigenvalue weighted by Crippen LogP contribution is -2.53. The Kier molecular flexibility index (Phi) is 6.84. The molecular formula is C29H40N2O3. The lowest BCUT2D eigenvalue weighted by atomic mass is 9.49. The van der Waals surface area contributed by atoms with Gasteiger partial charge in [-0.05, 0) is 77.2 Å². The monoisotopic (exact) mass is 464 g/mol. The van der Waals surface area contributed by atoms with E-state index in [9.17, 15) is 4.79 Å². The SMILES string of the molecule is COc1ccc(OC)c(NC(=O)NCC2(C)CCCC3(C)c4ccc(C(C)C)cc4CCC23)c1. The first-order valence-corrected chi connectivity index (χ1v) is 12.6. The van der Waals surface area contributed by atoms with E-state index in [0.29, 0.717) is 35.6 Å². The number of fused-ring (bicyclic) bond motifs is 3. The average Bonchev–Trinajstić information content (AvgIpc) is 2.82. The van der Waals surface area contributed by atoms with Crippen LogP contribution in [-0.2, 0) is 11.8 Å². The van der Waals surface area contributed by atoms with Crippen molar-refractivity contribution in [1.82, 2.24) is 5.32 Å². The maximum atomic E-state index is 12.9. The Bertz CT molecular complexity index is 1050. The van der Waals surface area contributed by atoms with Crippen LogP contribution in [0.1, 0.15) is 76.0 Å². The number of benzene rings is 2. The van der Waals surface area contributed by atoms with Crippen LogP contribution in [0.25, 0.3) is 0 Å². The van der Waals surface area contributed by atoms with Gasteiger partial charge in [0.25, 0.3) is 0 Å². The number of carbonyl (C=O) groups excluding carboxylic acids is 1. The highest BCUT2D eigenvalue weighted by atomic mass is 16.5. The van der Waals surface area contributed by atoms with Gasteiger partial charge in [-0.25, -0.2) is 4.79 Å². The van der Waals surface area contributed by atoms with E-state index in [1.54, 1.807) is 26.4 Å². The third-order valence-electron chi connectivity index (χ3n) is 8.48. The van der Waals surface area contributed by atoms with Gasteiger partial charge in [-0.1, -0.05) is 52.3 Å². The minimum Gasteiger partial charge on any atom is -0.497 e. The summed E-state index contributed by atoms with van der Waals surface area (Å²) in [6, 6.07) is 12.4. The summed E-state index contributed by atoms with van der Waals surface area (Å²) in [6.45, 7) is 10.0. The van der Waals surface area contributed by atoms with Crippen molar-refractivity contribution < 1.29 is 14.3 Å². The van der Waals surface area contributed by atoms with Gasteiger partial charge in [-0.3, -0.25) is 0 Å². The minimum atomic E-state index is -0.210. The molecule has 2 N–H and O–H groups in total. The third kappa shape index (κ3) is 4.49. The quantitative estimate of drug-likeness (QED) is 0.502. The van der Waals surface area contributed by atoms with E-state index in [1.165, 1.54) is 36.0 Å². The van der Waals surface area contributed by atoms with E-state index in [2.05, 4.69) is 56.5 Å². The van der Waals surface area contributed by atoms with E-state index < -0.39 is 0 Å². The van der Waals surface area contributed by atoms with Crippen molar-refractivity contribution >= 4 is 11.7 Å². The van der Waals surface area contributed by atoms with Crippen molar-refractivity contribution in [3.8, 4) is 11.5 Å². The van der Waals surface area contributed by atoms with Crippen molar-refractivity contribution in [3.05, 3.63) is 53.1 Å². The normalized spacial score (nSPS) is 25.8. The zero-order valence-electron chi connectivity index (χ0n) is 21.6. The molecule has 184 valence electrons. The van der Waals surface area contributed by atoms with Gasteiger partial charge in [0.05, 0.1) is 19.9 Å². The molecule has 0 bridgehead atoms. The summed E-state index contributed by atoms with van der Waals surface area (Å²) in [5.74, 6) is 2.38. The standard InChI is InChI=1S/C29H40N2O3/c1-19(2)20-8-11-23-21(16-20)9-13-26-28(3,14-7-15-29(23,26)4)18-30-27(32)31-24-17-22(33-5)10-12-25(24)34-6/h8,10-12,16-17,19,26H,7,9,13-15,18H2,1-6H3,(H2,30,31,32). The summed E-state index contributed by atoms with van der Waals surface area (Å²) >= 11 is 0. The van der Waals surface area contributed by atoms with Crippen LogP contribution in [-0.4, -0.2) is 26.8 Å². The number of amides is 2. The second kappa shape index (κ2) is 9.52. The van der Waals surface area contributed by atoms with Crippen molar-refractivity contribution in [1.29, 1.82) is 0 Å². The molecule has 34 heavy (non-hydrogen) atoms. The van der Waals surface area contributed by atoms with Gasteiger partial charge < -0.3 is 20.1 Å². The Balaban J connectivity index is 1.49. The number of hydrogen-bond donors (Lipinski definition) is 2. The largest absolute Gasteiger partial charge is 0.497 e. The number of nitrogens with one attached hydrogen (secondary N) is 2. The van der Waals surface area contributed by atoms with E-state index in [-0.39, 0.29) is 16.9 Å². The fourth-order valence-electron chi connectivity index (χ4n) is 6.58. The molecule has 0 spiro atoms. The Morgan fingerprint density at radius 1 is 1.09 bits per heavy atom. The topological polar surface area (TPSA) is 59.6 Å². The predicted molar refractivity (Wildman–Crippen MR) is 138 cm³/mol. The van der Waals surface area contributed by atoms with Gasteiger partial charge in [0.1, 0.15) is 11.5 Å². The number of rotatable bonds is 6. The summed E-state index contributed by atoms with van der Waals surface area (Å²) < 4.78 is 10.7. The fraction of sp³-hybridized carbons (Fsp3) is 0.552. The van der Waals surface area contributed by atoms with Crippen LogP contribution in [0, 0.1) is 11.3 Å². The Labute approximate surface area is 204 Å². The zero-order valence-corrected chi connectivity index (χ0v) is 21.6. The average molecular weight is 465 g/mol. The minimum absolute atomic E-state index is 0.0528. The van der Waals surface area contributed by atoms with Gasteiger partial charge >= 0.3 is 6.03 Å². The number of urea groups is 1. The smallest absolute Gasteiger partial charge is 0.319 e. The lowest BCUT2D eigenvalue weighted by Gasteiger charge is -2.55. The van der Waals surface area contributed by atoms with E-state index in [1.807, 2.05) is 6.07 Å². The number of ether oxygens (including phenoxy) is 2. The van der Waals surface area contributed by atoms with Gasteiger partial charge in [0.15, 0.2) is 0 Å². The molecule has 0 heterocycles. The van der Waals surface area contributed by atoms with Crippen LogP contribution in [0.3, 0.4) is 0 Å². The second-order valence-electron chi connectivity index (χ2n) is 11.0. The second-order valence-corrected chi connectivity index (χ2v) is 11.0. The molecule has 1 fully saturated rings. The van der Waals surface area contributed by atoms with E-state index >= 15 is 0 Å². The molecule has 2 aromatic carbocycles. The van der Waals surface area contributed by atoms with Crippen LogP contribution in [0.5, 0.6) is 11.5 Å². The summed E-state index contributed by atoms with van der Waals surface area (Å²) in [4.78, 5) is 12.9. The highest BCUT2D eigenvalue weighted by Crippen LogP contribution is 2.57. The van der Waals surface area contributed by atoms with Crippen LogP contribution in [0.2, 0.25) is 0 Å². The van der Waals surface area contributed by atoms with Gasteiger partial charge in [0.2, 0.25) is 0 Å². The zero-order chi connectivity index (χ0) is 24.5. The molecule has 0 radical (unpaired) electrons. The van der Waals surface area contributed by atoms with Crippen LogP contribution in [0.15, 0.2) is 36.4 Å². The molecule has 0 aromatic heterocycles. The lowest BCUT2D eigenvalue weighted by molar-refractivity contribution is 0.0281. The molecule has 5 nitrogen and oxygen atoms in total. The summed E-state index contributed by atoms with van der Waals surface area (Å²) in [5, 5.41) is 6.13. The summed E-state index contributed by atoms with van der Waals surface area (Å²) in [6.07, 6.45) is 5.83. The first-order chi connectivity index (χ1) is 16.2. The number of aryl methyl sites for hydroxylation is 1. The van der Waals surface area contributed by atoms with Crippen molar-refractivity contribution in [2.75, 3.05) is 26.1 Å². The number of hydrogen-bond acceptors (Lipinski definition) is 3. The molecule has 1 saturated carbocycles. The summed E-state index contributed by atoms with van der Waals surface area (Å²) in [7, 11) is 3.21. The number of carbonyl (C=O) groups is 1. The van der Waals surface area contributed by atoms with Crippen molar-refractivity contribution in [2.24, 2.45) is 11.3 Å². The number of methoxy groups -OCH3 is 2. The highest BCUT2D eigenvalue weighted by Gasteiger charge is 2.51. The maximum absolute atomic E-state index is 12.9. The van der Waals surface area contributed by atoms with Gasteiger partial charge in [-0.15, -0.1) is 0 Å². The summed E-state index contributed by atoms with van der Waals surface area (Å²) in [5.41, 5.74) is 5.31. The fourth-order valence-corrected chi connectivity index (χ4v) is 6.58. The van der Waals surface area contributed by atoms with Crippen molar-refractivity contribution in [3.63, 3.8) is 0 Å². The molecule has 0 saturated heterocycles. The number of anilines is 1. The molecule has 0 aliphatic heterocycles. The Hall–Kier alpha value is -2.69. The van der Waals surface area contributed by atoms with E-state index in [0.717, 1.165) is 12.8 Å². The van der Waals surface area contributed by atoms with E-state index in [4.69, 9.17) is 9.47 Å². The molecule has 2 aromatic rings.